The van der Waals surface area contributed by atoms with E-state index in [0.717, 1.165) is 25.7 Å². The van der Waals surface area contributed by atoms with E-state index < -0.39 is 0 Å². The van der Waals surface area contributed by atoms with Crippen LogP contribution in [0.15, 0.2) is 146 Å². The molecule has 16 aliphatic carbocycles. The highest BCUT2D eigenvalue weighted by atomic mass is 14.1. The maximum absolute atomic E-state index is 2.28. The first-order chi connectivity index (χ1) is 19.8. The van der Waals surface area contributed by atoms with Crippen molar-refractivity contribution in [2.75, 3.05) is 0 Å². The molecule has 6 aromatic rings. The summed E-state index contributed by atoms with van der Waals surface area (Å²) in [5.74, 6) is 0. The first-order valence-electron chi connectivity index (χ1n) is 14.3. The first kappa shape index (κ1) is 24.4. The molecule has 0 heterocycles. The van der Waals surface area contributed by atoms with Crippen LogP contribution in [0.4, 0.5) is 0 Å². The van der Waals surface area contributed by atoms with Crippen LogP contribution in [0.25, 0.3) is 44.5 Å². The summed E-state index contributed by atoms with van der Waals surface area (Å²) in [6, 6.07) is 54.2. The van der Waals surface area contributed by atoms with Gasteiger partial charge in [-0.2, -0.15) is 0 Å². The third kappa shape index (κ3) is 5.26. The molecule has 0 aromatic heterocycles. The average molecular weight is 513 g/mol. The summed E-state index contributed by atoms with van der Waals surface area (Å²) in [4.78, 5) is 0. The van der Waals surface area contributed by atoms with E-state index in [0.29, 0.717) is 0 Å². The largest absolute Gasteiger partial charge is 0.0584 e. The minimum Gasteiger partial charge on any atom is -0.0584 e. The molecule has 0 amide bonds. The standard InChI is InChI=1S/C40H32/c1-2-30-7-15-34(16-8-30)38-25-27-40(28-26-38)36-19-11-32(12-20-36)4-3-31-9-17-35(18-10-31)39-23-21-37(22-24-39)33-13-5-29(1)6-14-33/h5-28H,1-4H2. The summed E-state index contributed by atoms with van der Waals surface area (Å²) >= 11 is 0. The number of aryl methyl sites for hydroxylation is 4. The van der Waals surface area contributed by atoms with Crippen molar-refractivity contribution < 1.29 is 0 Å². The number of hydrogen-bond donors (Lipinski definition) is 0. The monoisotopic (exact) mass is 512 g/mol. The van der Waals surface area contributed by atoms with Crippen molar-refractivity contribution >= 4 is 0 Å². The van der Waals surface area contributed by atoms with Crippen LogP contribution in [0.1, 0.15) is 22.3 Å². The Bertz CT molecular complexity index is 1430. The molecular formula is C40H32. The quantitative estimate of drug-likeness (QED) is 0.190. The summed E-state index contributed by atoms with van der Waals surface area (Å²) in [5, 5.41) is 0. The predicted octanol–water partition coefficient (Wildman–Crippen LogP) is 10.2. The molecule has 192 valence electrons. The van der Waals surface area contributed by atoms with Gasteiger partial charge in [-0.3, -0.25) is 0 Å². The van der Waals surface area contributed by atoms with E-state index in [1.807, 2.05) is 0 Å². The van der Waals surface area contributed by atoms with Gasteiger partial charge in [-0.25, -0.2) is 0 Å². The van der Waals surface area contributed by atoms with Crippen LogP contribution in [0, 0.1) is 0 Å². The Kier molecular flexibility index (Phi) is 6.60. The molecule has 0 nitrogen and oxygen atoms in total. The zero-order valence-electron chi connectivity index (χ0n) is 22.7. The lowest BCUT2D eigenvalue weighted by atomic mass is 9.95. The molecular weight excluding hydrogens is 480 g/mol. The van der Waals surface area contributed by atoms with Gasteiger partial charge in [0, 0.05) is 0 Å². The Hall–Kier alpha value is -4.68. The number of benzene rings is 6. The van der Waals surface area contributed by atoms with E-state index in [2.05, 4.69) is 146 Å². The third-order valence-electron chi connectivity index (χ3n) is 8.32. The molecule has 0 radical (unpaired) electrons. The Balaban J connectivity index is 1.19. The zero-order valence-corrected chi connectivity index (χ0v) is 22.7. The topological polar surface area (TPSA) is 0 Å². The molecule has 0 aliphatic heterocycles. The second-order valence-electron chi connectivity index (χ2n) is 10.9. The number of hydrogen-bond acceptors (Lipinski definition) is 0. The van der Waals surface area contributed by atoms with Crippen molar-refractivity contribution in [3.05, 3.63) is 168 Å². The molecule has 40 heavy (non-hydrogen) atoms. The van der Waals surface area contributed by atoms with E-state index in [1.54, 1.807) is 0 Å². The van der Waals surface area contributed by atoms with Crippen LogP contribution in [-0.4, -0.2) is 0 Å². The Morgan fingerprint density at radius 2 is 0.300 bits per heavy atom. The lowest BCUT2D eigenvalue weighted by Crippen LogP contribution is -1.92. The van der Waals surface area contributed by atoms with Gasteiger partial charge in [-0.1, -0.05) is 146 Å². The van der Waals surface area contributed by atoms with Crippen LogP contribution in [-0.2, 0) is 25.7 Å². The first-order valence-corrected chi connectivity index (χ1v) is 14.3. The summed E-state index contributed by atoms with van der Waals surface area (Å²) in [7, 11) is 0. The van der Waals surface area contributed by atoms with E-state index in [1.165, 1.54) is 66.8 Å². The normalized spacial score (nSPS) is 12.6. The fraction of sp³-hybridized carbons (Fsp3) is 0.100. The molecule has 0 unspecified atom stereocenters. The molecule has 0 spiro atoms. The molecule has 12 bridgehead atoms. The summed E-state index contributed by atoms with van der Waals surface area (Å²) < 4.78 is 0. The van der Waals surface area contributed by atoms with Crippen LogP contribution in [0.3, 0.4) is 0 Å². The van der Waals surface area contributed by atoms with Crippen molar-refractivity contribution in [2.24, 2.45) is 0 Å². The van der Waals surface area contributed by atoms with Gasteiger partial charge in [-0.15, -0.1) is 0 Å². The fourth-order valence-corrected chi connectivity index (χ4v) is 5.74. The van der Waals surface area contributed by atoms with Gasteiger partial charge >= 0.3 is 0 Å². The van der Waals surface area contributed by atoms with E-state index in [9.17, 15) is 0 Å². The van der Waals surface area contributed by atoms with Crippen LogP contribution in [0.2, 0.25) is 0 Å². The maximum atomic E-state index is 2.28. The van der Waals surface area contributed by atoms with Crippen molar-refractivity contribution in [2.45, 2.75) is 25.7 Å². The molecule has 0 fully saturated rings. The molecule has 0 heteroatoms. The Morgan fingerprint density at radius 3 is 0.450 bits per heavy atom. The van der Waals surface area contributed by atoms with Gasteiger partial charge in [-0.05, 0) is 92.4 Å². The van der Waals surface area contributed by atoms with Crippen LogP contribution in [0.5, 0.6) is 0 Å². The smallest absolute Gasteiger partial charge is 0.0184 e. The van der Waals surface area contributed by atoms with Crippen molar-refractivity contribution in [1.29, 1.82) is 0 Å². The molecule has 16 aliphatic rings. The average Bonchev–Trinajstić information content (AvgIpc) is 3.04. The SMILES string of the molecule is c1cc2ccc1CCc1ccc(cc1)-c1ccc(cc1)-c1ccc(cc1)CCc1ccc(cc1)-c1ccc-2cc1. The molecule has 22 rings (SSSR count). The van der Waals surface area contributed by atoms with Gasteiger partial charge in [0.2, 0.25) is 0 Å². The minimum atomic E-state index is 1.04. The predicted molar refractivity (Wildman–Crippen MR) is 169 cm³/mol. The van der Waals surface area contributed by atoms with Gasteiger partial charge in [0.15, 0.2) is 0 Å². The number of rotatable bonds is 0. The van der Waals surface area contributed by atoms with E-state index >= 15 is 0 Å². The Morgan fingerprint density at radius 1 is 0.175 bits per heavy atom. The minimum absolute atomic E-state index is 1.04. The lowest BCUT2D eigenvalue weighted by Gasteiger charge is -2.09. The molecule has 0 N–H and O–H groups in total. The zero-order chi connectivity index (χ0) is 26.7. The highest BCUT2D eigenvalue weighted by Crippen LogP contribution is 2.28. The summed E-state index contributed by atoms with van der Waals surface area (Å²) in [6.45, 7) is 0. The maximum Gasteiger partial charge on any atom is -0.0184 e. The van der Waals surface area contributed by atoms with Gasteiger partial charge in [0.25, 0.3) is 0 Å². The molecule has 0 saturated carbocycles. The van der Waals surface area contributed by atoms with Crippen molar-refractivity contribution in [1.82, 2.24) is 0 Å². The van der Waals surface area contributed by atoms with Gasteiger partial charge < -0.3 is 0 Å². The highest BCUT2D eigenvalue weighted by molar-refractivity contribution is 5.72. The second-order valence-corrected chi connectivity index (χ2v) is 10.9. The van der Waals surface area contributed by atoms with Crippen molar-refractivity contribution in [3.63, 3.8) is 0 Å². The lowest BCUT2D eigenvalue weighted by molar-refractivity contribution is 0.960. The van der Waals surface area contributed by atoms with E-state index in [-0.39, 0.29) is 0 Å². The van der Waals surface area contributed by atoms with Crippen LogP contribution >= 0.6 is 0 Å². The summed E-state index contributed by atoms with van der Waals surface area (Å²) in [5.41, 5.74) is 15.6. The Labute approximate surface area is 237 Å². The molecule has 0 saturated heterocycles. The van der Waals surface area contributed by atoms with Crippen molar-refractivity contribution in [3.8, 4) is 44.5 Å². The second kappa shape index (κ2) is 10.8. The third-order valence-corrected chi connectivity index (χ3v) is 8.32. The summed E-state index contributed by atoms with van der Waals surface area (Å²) in [6.07, 6.45) is 4.17. The van der Waals surface area contributed by atoms with Gasteiger partial charge in [0.05, 0.1) is 0 Å². The fourth-order valence-electron chi connectivity index (χ4n) is 5.74. The van der Waals surface area contributed by atoms with Gasteiger partial charge in [0.1, 0.15) is 0 Å². The molecule has 6 aromatic carbocycles. The molecule has 0 atom stereocenters. The highest BCUT2D eigenvalue weighted by Gasteiger charge is 2.05. The van der Waals surface area contributed by atoms with E-state index in [4.69, 9.17) is 0 Å². The van der Waals surface area contributed by atoms with Crippen LogP contribution < -0.4 is 0 Å².